The van der Waals surface area contributed by atoms with Crippen LogP contribution in [0.2, 0.25) is 0 Å². The smallest absolute Gasteiger partial charge is 0.323 e. The Bertz CT molecular complexity index is 841. The van der Waals surface area contributed by atoms with E-state index in [-0.39, 0.29) is 24.4 Å². The van der Waals surface area contributed by atoms with Crippen LogP contribution < -0.4 is 0 Å². The zero-order chi connectivity index (χ0) is 21.0. The highest BCUT2D eigenvalue weighted by atomic mass is 16.5. The molecule has 1 fully saturated rings. The summed E-state index contributed by atoms with van der Waals surface area (Å²) >= 11 is 0. The van der Waals surface area contributed by atoms with Crippen molar-refractivity contribution in [3.05, 3.63) is 71.8 Å². The first kappa shape index (κ1) is 20.5. The fraction of sp³-hybridized carbons (Fsp3) is 0.304. The first-order valence-electron chi connectivity index (χ1n) is 9.30. The van der Waals surface area contributed by atoms with E-state index in [1.165, 1.54) is 14.2 Å². The molecule has 0 N–H and O–H groups in total. The zero-order valence-corrected chi connectivity index (χ0v) is 16.3. The van der Waals surface area contributed by atoms with Crippen LogP contribution in [0.1, 0.15) is 33.6 Å². The number of ketones is 2. The molecule has 1 aliphatic rings. The van der Waals surface area contributed by atoms with E-state index in [2.05, 4.69) is 0 Å². The van der Waals surface area contributed by atoms with Gasteiger partial charge in [-0.2, -0.15) is 0 Å². The molecular formula is C23H22O6. The Kier molecular flexibility index (Phi) is 5.92. The average Bonchev–Trinajstić information content (AvgIpc) is 3.20. The number of rotatable bonds is 6. The van der Waals surface area contributed by atoms with E-state index in [1.54, 1.807) is 60.7 Å². The molecule has 0 radical (unpaired) electrons. The van der Waals surface area contributed by atoms with E-state index in [0.717, 1.165) is 0 Å². The van der Waals surface area contributed by atoms with Crippen molar-refractivity contribution in [3.63, 3.8) is 0 Å². The zero-order valence-electron chi connectivity index (χ0n) is 16.3. The molecule has 0 aliphatic heterocycles. The molecule has 0 heterocycles. The minimum atomic E-state index is -1.69. The molecule has 1 aliphatic carbocycles. The first-order chi connectivity index (χ1) is 13.9. The Labute approximate surface area is 168 Å². The molecule has 0 bridgehead atoms. The summed E-state index contributed by atoms with van der Waals surface area (Å²) < 4.78 is 9.73. The third-order valence-electron chi connectivity index (χ3n) is 5.56. The molecule has 6 heteroatoms. The number of carbonyl (C=O) groups excluding carboxylic acids is 4. The maximum Gasteiger partial charge on any atom is 0.323 e. The topological polar surface area (TPSA) is 86.7 Å². The molecule has 0 aromatic heterocycles. The van der Waals surface area contributed by atoms with Crippen LogP contribution in [0.4, 0.5) is 0 Å². The highest BCUT2D eigenvalue weighted by Gasteiger charge is 2.60. The van der Waals surface area contributed by atoms with E-state index < -0.39 is 29.2 Å². The summed E-state index contributed by atoms with van der Waals surface area (Å²) in [5.41, 5.74) is -0.837. The van der Waals surface area contributed by atoms with Gasteiger partial charge >= 0.3 is 11.9 Å². The number of ether oxygens (including phenoxy) is 2. The molecule has 2 aromatic rings. The number of benzene rings is 2. The van der Waals surface area contributed by atoms with Gasteiger partial charge in [0, 0.05) is 23.0 Å². The summed E-state index contributed by atoms with van der Waals surface area (Å²) in [6.45, 7) is 0. The molecular weight excluding hydrogens is 372 g/mol. The minimum Gasteiger partial charge on any atom is -0.468 e. The number of hydrogen-bond acceptors (Lipinski definition) is 6. The fourth-order valence-electron chi connectivity index (χ4n) is 4.11. The number of esters is 2. The van der Waals surface area contributed by atoms with E-state index in [4.69, 9.17) is 9.47 Å². The van der Waals surface area contributed by atoms with Gasteiger partial charge in [-0.05, 0) is 12.8 Å². The van der Waals surface area contributed by atoms with Gasteiger partial charge in [-0.15, -0.1) is 0 Å². The molecule has 6 nitrogen and oxygen atoms in total. The lowest BCUT2D eigenvalue weighted by atomic mass is 9.83. The summed E-state index contributed by atoms with van der Waals surface area (Å²) in [4.78, 5) is 51.7. The number of hydrogen-bond donors (Lipinski definition) is 0. The van der Waals surface area contributed by atoms with Crippen LogP contribution in [-0.2, 0) is 19.1 Å². The number of methoxy groups -OCH3 is 2. The van der Waals surface area contributed by atoms with E-state index in [9.17, 15) is 19.2 Å². The maximum absolute atomic E-state index is 13.2. The van der Waals surface area contributed by atoms with Gasteiger partial charge in [0.1, 0.15) is 0 Å². The van der Waals surface area contributed by atoms with Crippen LogP contribution in [-0.4, -0.2) is 37.7 Å². The van der Waals surface area contributed by atoms with E-state index in [1.807, 2.05) is 0 Å². The third-order valence-corrected chi connectivity index (χ3v) is 5.56. The Morgan fingerprint density at radius 3 is 1.34 bits per heavy atom. The molecule has 2 aromatic carbocycles. The summed E-state index contributed by atoms with van der Waals surface area (Å²) in [7, 11) is 2.35. The van der Waals surface area contributed by atoms with Gasteiger partial charge in [0.05, 0.1) is 14.2 Å². The largest absolute Gasteiger partial charge is 0.468 e. The third kappa shape index (κ3) is 3.70. The Hall–Kier alpha value is -3.28. The maximum atomic E-state index is 13.2. The lowest BCUT2D eigenvalue weighted by Crippen LogP contribution is -2.39. The highest BCUT2D eigenvalue weighted by molar-refractivity contribution is 6.09. The predicted molar refractivity (Wildman–Crippen MR) is 104 cm³/mol. The summed E-state index contributed by atoms with van der Waals surface area (Å²) in [6.07, 6.45) is -0.271. The Balaban J connectivity index is 2.06. The summed E-state index contributed by atoms with van der Waals surface area (Å²) in [6, 6.07) is 17.1. The van der Waals surface area contributed by atoms with Crippen LogP contribution in [0.5, 0.6) is 0 Å². The molecule has 2 atom stereocenters. The van der Waals surface area contributed by atoms with Gasteiger partial charge in [0.2, 0.25) is 0 Å². The molecule has 0 spiro atoms. The van der Waals surface area contributed by atoms with Crippen LogP contribution in [0.25, 0.3) is 0 Å². The average molecular weight is 394 g/mol. The van der Waals surface area contributed by atoms with Crippen molar-refractivity contribution in [3.8, 4) is 0 Å². The molecule has 29 heavy (non-hydrogen) atoms. The Morgan fingerprint density at radius 1 is 0.690 bits per heavy atom. The highest BCUT2D eigenvalue weighted by Crippen LogP contribution is 2.49. The van der Waals surface area contributed by atoms with Crippen LogP contribution >= 0.6 is 0 Å². The molecule has 1 saturated carbocycles. The fourth-order valence-corrected chi connectivity index (χ4v) is 4.11. The van der Waals surface area contributed by atoms with Gasteiger partial charge in [-0.1, -0.05) is 60.7 Å². The van der Waals surface area contributed by atoms with Crippen molar-refractivity contribution < 1.29 is 28.7 Å². The van der Waals surface area contributed by atoms with Gasteiger partial charge in [-0.3, -0.25) is 19.2 Å². The van der Waals surface area contributed by atoms with Crippen molar-refractivity contribution in [2.75, 3.05) is 14.2 Å². The van der Waals surface area contributed by atoms with Gasteiger partial charge in [-0.25, -0.2) is 0 Å². The van der Waals surface area contributed by atoms with Crippen LogP contribution in [0.3, 0.4) is 0 Å². The van der Waals surface area contributed by atoms with Gasteiger partial charge in [0.15, 0.2) is 17.0 Å². The summed E-state index contributed by atoms with van der Waals surface area (Å²) in [5, 5.41) is 0. The lowest BCUT2D eigenvalue weighted by molar-refractivity contribution is -0.168. The van der Waals surface area contributed by atoms with Crippen molar-refractivity contribution in [2.24, 2.45) is 17.3 Å². The van der Waals surface area contributed by atoms with Gasteiger partial charge in [0.25, 0.3) is 0 Å². The number of carbonyl (C=O) groups is 4. The Morgan fingerprint density at radius 2 is 1.03 bits per heavy atom. The van der Waals surface area contributed by atoms with E-state index in [0.29, 0.717) is 11.1 Å². The molecule has 3 rings (SSSR count). The van der Waals surface area contributed by atoms with Crippen molar-refractivity contribution in [2.45, 2.75) is 12.8 Å². The second-order valence-electron chi connectivity index (χ2n) is 7.15. The lowest BCUT2D eigenvalue weighted by Gasteiger charge is -2.23. The molecule has 150 valence electrons. The predicted octanol–water partition coefficient (Wildman–Crippen LogP) is 3.11. The normalized spacial score (nSPS) is 19.9. The van der Waals surface area contributed by atoms with Crippen LogP contribution in [0, 0.1) is 17.3 Å². The summed E-state index contributed by atoms with van der Waals surface area (Å²) in [5.74, 6) is -3.84. The second-order valence-corrected chi connectivity index (χ2v) is 7.15. The monoisotopic (exact) mass is 394 g/mol. The molecule has 0 unspecified atom stereocenters. The standard InChI is InChI=1S/C23H22O6/c1-28-21(26)23(22(27)29-2)13-17(19(24)15-9-5-3-6-10-15)18(14-23)20(25)16-11-7-4-8-12-16/h3-12,17-18H,13-14H2,1-2H3/t17-,18-/m1/s1. The minimum absolute atomic E-state index is 0.136. The second kappa shape index (κ2) is 8.39. The first-order valence-corrected chi connectivity index (χ1v) is 9.30. The van der Waals surface area contributed by atoms with Crippen LogP contribution in [0.15, 0.2) is 60.7 Å². The quantitative estimate of drug-likeness (QED) is 0.425. The SMILES string of the molecule is COC(=O)C1(C(=O)OC)C[C@@H](C(=O)c2ccccc2)[C@H](C(=O)c2ccccc2)C1. The van der Waals surface area contributed by atoms with Crippen molar-refractivity contribution in [1.29, 1.82) is 0 Å². The van der Waals surface area contributed by atoms with Gasteiger partial charge < -0.3 is 9.47 Å². The molecule has 0 amide bonds. The van der Waals surface area contributed by atoms with E-state index >= 15 is 0 Å². The van der Waals surface area contributed by atoms with Crippen molar-refractivity contribution in [1.82, 2.24) is 0 Å². The number of Topliss-reactive ketones (excluding diaryl/α,β-unsaturated/α-hetero) is 2. The van der Waals surface area contributed by atoms with Crippen molar-refractivity contribution >= 4 is 23.5 Å². The molecule has 0 saturated heterocycles.